The van der Waals surface area contributed by atoms with Gasteiger partial charge in [0.15, 0.2) is 0 Å². The van der Waals surface area contributed by atoms with Crippen LogP contribution < -0.4 is 5.32 Å². The van der Waals surface area contributed by atoms with E-state index in [1.807, 2.05) is 33.3 Å². The molecule has 0 saturated carbocycles. The van der Waals surface area contributed by atoms with Gasteiger partial charge in [-0.1, -0.05) is 6.42 Å². The smallest absolute Gasteiger partial charge is 0.326 e. The monoisotopic (exact) mass is 299 g/mol. The van der Waals surface area contributed by atoms with Crippen LogP contribution in [0.4, 0.5) is 0 Å². The van der Waals surface area contributed by atoms with Crippen LogP contribution in [-0.2, 0) is 16.6 Å². The molecule has 0 bridgehead atoms. The molecule has 0 aliphatic rings. The van der Waals surface area contributed by atoms with Crippen molar-refractivity contribution < 1.29 is 9.53 Å². The van der Waals surface area contributed by atoms with E-state index in [4.69, 9.17) is 4.74 Å². The average Bonchev–Trinajstić information content (AvgIpc) is 2.84. The van der Waals surface area contributed by atoms with Gasteiger partial charge in [0.1, 0.15) is 5.54 Å². The predicted octanol–water partition coefficient (Wildman–Crippen LogP) is 2.22. The van der Waals surface area contributed by atoms with E-state index in [0.29, 0.717) is 6.61 Å². The summed E-state index contributed by atoms with van der Waals surface area (Å²) in [6, 6.07) is 0. The molecule has 1 atom stereocenters. The Bertz CT molecular complexity index is 422. The van der Waals surface area contributed by atoms with Crippen LogP contribution in [0.2, 0.25) is 0 Å². The van der Waals surface area contributed by atoms with Crippen molar-refractivity contribution in [2.24, 2.45) is 7.05 Å². The number of nitrogens with one attached hydrogen (secondary N) is 1. The fraction of sp³-hybridized carbons (Fsp3) is 0.714. The first-order valence-electron chi connectivity index (χ1n) is 6.99. The normalized spacial score (nSPS) is 14.0. The van der Waals surface area contributed by atoms with Crippen molar-refractivity contribution >= 4 is 17.7 Å². The molecule has 0 saturated heterocycles. The molecule has 0 aliphatic carbocycles. The Labute approximate surface area is 125 Å². The Morgan fingerprint density at radius 1 is 1.55 bits per heavy atom. The highest BCUT2D eigenvalue weighted by Gasteiger charge is 2.32. The maximum absolute atomic E-state index is 11.9. The third kappa shape index (κ3) is 5.17. The maximum Gasteiger partial charge on any atom is 0.326 e. The highest BCUT2D eigenvalue weighted by Crippen LogP contribution is 2.21. The summed E-state index contributed by atoms with van der Waals surface area (Å²) in [6.45, 7) is 4.16. The molecule has 1 heterocycles. The zero-order chi connectivity index (χ0) is 15.0. The van der Waals surface area contributed by atoms with Gasteiger partial charge < -0.3 is 10.1 Å². The molecule has 20 heavy (non-hydrogen) atoms. The number of aromatic nitrogens is 2. The molecular formula is C14H25N3O2S. The molecule has 5 nitrogen and oxygen atoms in total. The third-order valence-electron chi connectivity index (χ3n) is 3.30. The van der Waals surface area contributed by atoms with Crippen molar-refractivity contribution in [3.63, 3.8) is 0 Å². The zero-order valence-electron chi connectivity index (χ0n) is 12.8. The number of likely N-dealkylation sites (N-methyl/N-ethyl adjacent to an activating group) is 1. The standard InChI is InChI=1S/C14H25N3O2S/c1-5-19-13(18)14(2,15-3)8-6-7-9-20-12-10-16-17(4)11-12/h10-11,15H,5-9H2,1-4H3. The summed E-state index contributed by atoms with van der Waals surface area (Å²) in [5.41, 5.74) is -0.574. The number of carbonyl (C=O) groups is 1. The first kappa shape index (κ1) is 17.0. The fourth-order valence-electron chi connectivity index (χ4n) is 1.86. The first-order chi connectivity index (χ1) is 9.51. The Hall–Kier alpha value is -1.01. The molecule has 0 fully saturated rings. The number of carbonyl (C=O) groups excluding carboxylic acids is 1. The van der Waals surface area contributed by atoms with Gasteiger partial charge in [-0.15, -0.1) is 11.8 Å². The van der Waals surface area contributed by atoms with E-state index >= 15 is 0 Å². The molecule has 1 aromatic rings. The Morgan fingerprint density at radius 3 is 2.85 bits per heavy atom. The third-order valence-corrected chi connectivity index (χ3v) is 4.34. The fourth-order valence-corrected chi connectivity index (χ4v) is 2.80. The molecule has 114 valence electrons. The number of hydrogen-bond donors (Lipinski definition) is 1. The zero-order valence-corrected chi connectivity index (χ0v) is 13.6. The van der Waals surface area contributed by atoms with Crippen LogP contribution in [0, 0.1) is 0 Å². The van der Waals surface area contributed by atoms with Crippen molar-refractivity contribution in [1.29, 1.82) is 0 Å². The van der Waals surface area contributed by atoms with E-state index in [2.05, 4.69) is 10.4 Å². The van der Waals surface area contributed by atoms with Crippen LogP contribution in [0.15, 0.2) is 17.3 Å². The minimum absolute atomic E-state index is 0.164. The number of ether oxygens (including phenoxy) is 1. The van der Waals surface area contributed by atoms with Crippen LogP contribution in [0.3, 0.4) is 0 Å². The number of rotatable bonds is 9. The lowest BCUT2D eigenvalue weighted by molar-refractivity contribution is -0.150. The summed E-state index contributed by atoms with van der Waals surface area (Å²) >= 11 is 1.80. The summed E-state index contributed by atoms with van der Waals surface area (Å²) in [4.78, 5) is 13.1. The summed E-state index contributed by atoms with van der Waals surface area (Å²) in [6.07, 6.45) is 6.73. The summed E-state index contributed by atoms with van der Waals surface area (Å²) in [7, 11) is 3.73. The second-order valence-electron chi connectivity index (χ2n) is 4.96. The highest BCUT2D eigenvalue weighted by molar-refractivity contribution is 7.99. The van der Waals surface area contributed by atoms with E-state index in [9.17, 15) is 4.79 Å². The van der Waals surface area contributed by atoms with Gasteiger partial charge in [-0.3, -0.25) is 9.48 Å². The summed E-state index contributed by atoms with van der Waals surface area (Å²) < 4.78 is 6.92. The van der Waals surface area contributed by atoms with Crippen LogP contribution >= 0.6 is 11.8 Å². The molecule has 6 heteroatoms. The second kappa shape index (κ2) is 8.32. The predicted molar refractivity (Wildman–Crippen MR) is 81.9 cm³/mol. The van der Waals surface area contributed by atoms with Crippen LogP contribution in [-0.4, -0.2) is 40.7 Å². The largest absolute Gasteiger partial charge is 0.465 e. The van der Waals surface area contributed by atoms with E-state index < -0.39 is 5.54 Å². The van der Waals surface area contributed by atoms with Gasteiger partial charge in [0.2, 0.25) is 0 Å². The first-order valence-corrected chi connectivity index (χ1v) is 7.98. The van der Waals surface area contributed by atoms with Crippen molar-refractivity contribution in [2.45, 2.75) is 43.5 Å². The average molecular weight is 299 g/mol. The highest BCUT2D eigenvalue weighted by atomic mass is 32.2. The molecule has 0 radical (unpaired) electrons. The molecular weight excluding hydrogens is 274 g/mol. The Kier molecular flexibility index (Phi) is 7.09. The van der Waals surface area contributed by atoms with E-state index in [1.165, 1.54) is 4.90 Å². The molecule has 0 aliphatic heterocycles. The van der Waals surface area contributed by atoms with Crippen LogP contribution in [0.1, 0.15) is 33.1 Å². The van der Waals surface area contributed by atoms with Gasteiger partial charge in [0.05, 0.1) is 12.8 Å². The number of nitrogens with zero attached hydrogens (tertiary/aromatic N) is 2. The van der Waals surface area contributed by atoms with Crippen LogP contribution in [0.25, 0.3) is 0 Å². The summed E-state index contributed by atoms with van der Waals surface area (Å²) in [5, 5.41) is 7.22. The Morgan fingerprint density at radius 2 is 2.30 bits per heavy atom. The lowest BCUT2D eigenvalue weighted by Crippen LogP contribution is -2.48. The van der Waals surface area contributed by atoms with Gasteiger partial charge >= 0.3 is 5.97 Å². The number of esters is 1. The minimum atomic E-state index is -0.574. The SMILES string of the molecule is CCOC(=O)C(C)(CCCCSc1cnn(C)c1)NC. The van der Waals surface area contributed by atoms with E-state index in [1.54, 1.807) is 23.5 Å². The molecule has 0 amide bonds. The minimum Gasteiger partial charge on any atom is -0.465 e. The van der Waals surface area contributed by atoms with Crippen LogP contribution in [0.5, 0.6) is 0 Å². The van der Waals surface area contributed by atoms with E-state index in [-0.39, 0.29) is 5.97 Å². The maximum atomic E-state index is 11.9. The molecule has 1 aromatic heterocycles. The van der Waals surface area contributed by atoms with Gasteiger partial charge in [0.25, 0.3) is 0 Å². The number of thioether (sulfide) groups is 1. The molecule has 1 unspecified atom stereocenters. The van der Waals surface area contributed by atoms with Crippen molar-refractivity contribution in [3.05, 3.63) is 12.4 Å². The van der Waals surface area contributed by atoms with Gasteiger partial charge in [0, 0.05) is 18.1 Å². The second-order valence-corrected chi connectivity index (χ2v) is 6.13. The lowest BCUT2D eigenvalue weighted by Gasteiger charge is -2.26. The van der Waals surface area contributed by atoms with Crippen molar-refractivity contribution in [1.82, 2.24) is 15.1 Å². The molecule has 1 N–H and O–H groups in total. The molecule has 1 rings (SSSR count). The lowest BCUT2D eigenvalue weighted by atomic mass is 9.95. The number of hydrogen-bond acceptors (Lipinski definition) is 5. The Balaban J connectivity index is 2.26. The number of unbranched alkanes of at least 4 members (excludes halogenated alkanes) is 1. The van der Waals surface area contributed by atoms with Gasteiger partial charge in [-0.05, 0) is 39.5 Å². The van der Waals surface area contributed by atoms with Gasteiger partial charge in [-0.25, -0.2) is 0 Å². The number of aryl methyl sites for hydroxylation is 1. The molecule has 0 spiro atoms. The van der Waals surface area contributed by atoms with E-state index in [0.717, 1.165) is 25.0 Å². The van der Waals surface area contributed by atoms with Crippen molar-refractivity contribution in [2.75, 3.05) is 19.4 Å². The summed E-state index contributed by atoms with van der Waals surface area (Å²) in [5.74, 6) is 0.872. The quantitative estimate of drug-likeness (QED) is 0.430. The topological polar surface area (TPSA) is 56.1 Å². The van der Waals surface area contributed by atoms with Gasteiger partial charge in [-0.2, -0.15) is 5.10 Å². The molecule has 0 aromatic carbocycles. The van der Waals surface area contributed by atoms with Crippen molar-refractivity contribution in [3.8, 4) is 0 Å².